The van der Waals surface area contributed by atoms with Crippen molar-refractivity contribution in [3.8, 4) is 12.3 Å². The molecule has 2 heterocycles. The highest BCUT2D eigenvalue weighted by atomic mass is 35.5. The molecule has 2 aromatic heterocycles. The Labute approximate surface area is 168 Å². The molecule has 0 bridgehead atoms. The molecule has 2 atom stereocenters. The van der Waals surface area contributed by atoms with Crippen LogP contribution in [0.5, 0.6) is 0 Å². The molecule has 2 unspecified atom stereocenters. The van der Waals surface area contributed by atoms with Crippen molar-refractivity contribution in [1.82, 2.24) is 20.6 Å². The predicted molar refractivity (Wildman–Crippen MR) is 102 cm³/mol. The number of hydrogen-bond donors (Lipinski definition) is 3. The van der Waals surface area contributed by atoms with Gasteiger partial charge in [0.15, 0.2) is 0 Å². The van der Waals surface area contributed by atoms with Gasteiger partial charge >= 0.3 is 6.18 Å². The Kier molecular flexibility index (Phi) is 7.37. The minimum Gasteiger partial charge on any atom is -0.306 e. The zero-order valence-electron chi connectivity index (χ0n) is 14.9. The second kappa shape index (κ2) is 9.34. The molecule has 0 saturated carbocycles. The monoisotopic (exact) mass is 431 g/mol. The van der Waals surface area contributed by atoms with Crippen LogP contribution >= 0.6 is 22.9 Å². The van der Waals surface area contributed by atoms with Gasteiger partial charge in [-0.05, 0) is 19.9 Å². The van der Waals surface area contributed by atoms with Gasteiger partial charge in [0.25, 0.3) is 5.91 Å². The third-order valence-electron chi connectivity index (χ3n) is 3.53. The van der Waals surface area contributed by atoms with Crippen molar-refractivity contribution >= 4 is 34.7 Å². The summed E-state index contributed by atoms with van der Waals surface area (Å²) in [7, 11) is 0. The van der Waals surface area contributed by atoms with E-state index in [0.29, 0.717) is 17.6 Å². The molecule has 0 aliphatic rings. The van der Waals surface area contributed by atoms with E-state index in [2.05, 4.69) is 31.8 Å². The first-order chi connectivity index (χ1) is 13.1. The largest absolute Gasteiger partial charge is 0.418 e. The lowest BCUT2D eigenvalue weighted by atomic mass is 10.2. The summed E-state index contributed by atoms with van der Waals surface area (Å²) < 4.78 is 38.7. The van der Waals surface area contributed by atoms with Gasteiger partial charge in [0.05, 0.1) is 35.5 Å². The smallest absolute Gasteiger partial charge is 0.306 e. The van der Waals surface area contributed by atoms with Gasteiger partial charge in [-0.2, -0.15) is 13.2 Å². The number of aromatic nitrogens is 2. The second-order valence-electron chi connectivity index (χ2n) is 5.76. The van der Waals surface area contributed by atoms with Crippen molar-refractivity contribution in [2.45, 2.75) is 32.2 Å². The number of rotatable bonds is 7. The fraction of sp³-hybridized carbons (Fsp3) is 0.353. The van der Waals surface area contributed by atoms with Crippen LogP contribution < -0.4 is 16.0 Å². The highest BCUT2D eigenvalue weighted by Gasteiger charge is 2.34. The third-order valence-corrected chi connectivity index (χ3v) is 5.01. The van der Waals surface area contributed by atoms with Crippen LogP contribution in [0, 0.1) is 12.3 Å². The second-order valence-corrected chi connectivity index (χ2v) is 7.23. The van der Waals surface area contributed by atoms with E-state index in [1.807, 2.05) is 13.8 Å². The van der Waals surface area contributed by atoms with Crippen LogP contribution in [0.1, 0.15) is 40.1 Å². The molecule has 150 valence electrons. The van der Waals surface area contributed by atoms with E-state index in [-0.39, 0.29) is 22.9 Å². The van der Waals surface area contributed by atoms with E-state index in [0.717, 1.165) is 17.5 Å². The fourth-order valence-corrected chi connectivity index (χ4v) is 3.25. The Hall–Kier alpha value is -2.19. The highest BCUT2D eigenvalue weighted by molar-refractivity contribution is 7.13. The average molecular weight is 432 g/mol. The molecule has 2 rings (SSSR count). The summed E-state index contributed by atoms with van der Waals surface area (Å²) >= 11 is 6.64. The number of alkyl halides is 3. The van der Waals surface area contributed by atoms with Crippen molar-refractivity contribution in [3.63, 3.8) is 0 Å². The minimum atomic E-state index is -4.65. The number of amides is 1. The van der Waals surface area contributed by atoms with Crippen molar-refractivity contribution in [1.29, 1.82) is 0 Å². The molecule has 0 saturated heterocycles. The SMILES string of the molecule is C#CCNC(C)NC(C)c1ncc(C(=O)Nc2cc(C(F)(F)F)c(Cl)cn2)s1. The van der Waals surface area contributed by atoms with Crippen molar-refractivity contribution < 1.29 is 18.0 Å². The summed E-state index contributed by atoms with van der Waals surface area (Å²) in [5, 5.41) is 8.70. The lowest BCUT2D eigenvalue weighted by Gasteiger charge is -2.18. The number of carbonyl (C=O) groups is 1. The Balaban J connectivity index is 2.06. The quantitative estimate of drug-likeness (QED) is 0.460. The lowest BCUT2D eigenvalue weighted by Crippen LogP contribution is -2.41. The van der Waals surface area contributed by atoms with Crippen LogP contribution in [0.4, 0.5) is 19.0 Å². The predicted octanol–water partition coefficient (Wildman–Crippen LogP) is 3.68. The van der Waals surface area contributed by atoms with Crippen molar-refractivity contribution in [2.75, 3.05) is 11.9 Å². The van der Waals surface area contributed by atoms with Gasteiger partial charge in [0, 0.05) is 6.20 Å². The zero-order valence-corrected chi connectivity index (χ0v) is 16.5. The summed E-state index contributed by atoms with van der Waals surface area (Å²) in [6.45, 7) is 4.16. The third kappa shape index (κ3) is 5.90. The summed E-state index contributed by atoms with van der Waals surface area (Å²) in [4.78, 5) is 20.4. The fourth-order valence-electron chi connectivity index (χ4n) is 2.21. The number of nitrogens with zero attached hydrogens (tertiary/aromatic N) is 2. The molecule has 0 aliphatic carbocycles. The number of nitrogens with one attached hydrogen (secondary N) is 3. The molecule has 28 heavy (non-hydrogen) atoms. The number of thiazole rings is 1. The maximum absolute atomic E-state index is 12.9. The summed E-state index contributed by atoms with van der Waals surface area (Å²) in [5.41, 5.74) is -1.07. The van der Waals surface area contributed by atoms with E-state index in [9.17, 15) is 18.0 Å². The van der Waals surface area contributed by atoms with E-state index in [1.165, 1.54) is 6.20 Å². The maximum atomic E-state index is 12.9. The maximum Gasteiger partial charge on any atom is 0.418 e. The lowest BCUT2D eigenvalue weighted by molar-refractivity contribution is -0.137. The zero-order chi connectivity index (χ0) is 20.9. The van der Waals surface area contributed by atoms with Gasteiger partial charge in [-0.1, -0.05) is 17.5 Å². The number of terminal acetylenes is 1. The van der Waals surface area contributed by atoms with Gasteiger partial charge in [0.2, 0.25) is 0 Å². The standard InChI is InChI=1S/C17H17ClF3N5OS/c1-4-5-22-10(3)25-9(2)16-24-8-13(28-16)15(27)26-14-6-11(17(19,20)21)12(18)7-23-14/h1,6-10,22,25H,5H2,2-3H3,(H,23,26,27). The number of pyridine rings is 1. The molecule has 6 nitrogen and oxygen atoms in total. The Bertz CT molecular complexity index is 880. The molecule has 3 N–H and O–H groups in total. The van der Waals surface area contributed by atoms with Crippen LogP contribution in [0.2, 0.25) is 5.02 Å². The molecule has 0 spiro atoms. The van der Waals surface area contributed by atoms with E-state index in [4.69, 9.17) is 18.0 Å². The first-order valence-electron chi connectivity index (χ1n) is 8.04. The number of carbonyl (C=O) groups excluding carboxylic acids is 1. The van der Waals surface area contributed by atoms with Crippen LogP contribution in [0.25, 0.3) is 0 Å². The van der Waals surface area contributed by atoms with Gasteiger partial charge in [0.1, 0.15) is 15.7 Å². The minimum absolute atomic E-state index is 0.0775. The summed E-state index contributed by atoms with van der Waals surface area (Å²) in [5.74, 6) is 1.60. The van der Waals surface area contributed by atoms with Gasteiger partial charge in [-0.15, -0.1) is 17.8 Å². The number of anilines is 1. The van der Waals surface area contributed by atoms with Crippen molar-refractivity contribution in [2.24, 2.45) is 0 Å². The molecule has 11 heteroatoms. The Morgan fingerprint density at radius 2 is 2.07 bits per heavy atom. The molecule has 0 aromatic carbocycles. The van der Waals surface area contributed by atoms with Crippen LogP contribution in [-0.2, 0) is 6.18 Å². The molecule has 0 radical (unpaired) electrons. The average Bonchev–Trinajstić information content (AvgIpc) is 3.11. The first kappa shape index (κ1) is 22.1. The van der Waals surface area contributed by atoms with Crippen molar-refractivity contribution in [3.05, 3.63) is 38.9 Å². The molecule has 0 aliphatic heterocycles. The Morgan fingerprint density at radius 1 is 1.36 bits per heavy atom. The highest BCUT2D eigenvalue weighted by Crippen LogP contribution is 2.35. The van der Waals surface area contributed by atoms with Crippen LogP contribution in [0.15, 0.2) is 18.5 Å². The number of halogens is 4. The topological polar surface area (TPSA) is 78.9 Å². The molecule has 2 aromatic rings. The van der Waals surface area contributed by atoms with Gasteiger partial charge in [-0.3, -0.25) is 15.4 Å². The normalized spacial score (nSPS) is 13.6. The van der Waals surface area contributed by atoms with Gasteiger partial charge < -0.3 is 5.32 Å². The van der Waals surface area contributed by atoms with Crippen LogP contribution in [0.3, 0.4) is 0 Å². The summed E-state index contributed by atoms with van der Waals surface area (Å²) in [6, 6.07) is 0.517. The Morgan fingerprint density at radius 3 is 2.71 bits per heavy atom. The molecular formula is C17H17ClF3N5OS. The molecule has 0 fully saturated rings. The number of hydrogen-bond acceptors (Lipinski definition) is 6. The van der Waals surface area contributed by atoms with E-state index < -0.39 is 22.7 Å². The van der Waals surface area contributed by atoms with E-state index >= 15 is 0 Å². The van der Waals surface area contributed by atoms with Crippen LogP contribution in [-0.4, -0.2) is 28.6 Å². The first-order valence-corrected chi connectivity index (χ1v) is 9.24. The van der Waals surface area contributed by atoms with E-state index in [1.54, 1.807) is 0 Å². The summed E-state index contributed by atoms with van der Waals surface area (Å²) in [6.07, 6.45) is 2.66. The molecule has 1 amide bonds. The molecular weight excluding hydrogens is 415 g/mol. The van der Waals surface area contributed by atoms with Gasteiger partial charge in [-0.25, -0.2) is 9.97 Å².